The molecule has 0 atom stereocenters. The van der Waals surface area contributed by atoms with Crippen LogP contribution in [0.4, 0.5) is 10.2 Å². The number of rotatable bonds is 4. The predicted octanol–water partition coefficient (Wildman–Crippen LogP) is 4.19. The summed E-state index contributed by atoms with van der Waals surface area (Å²) in [5.41, 5.74) is 1.97. The maximum Gasteiger partial charge on any atom is 0.137 e. The van der Waals surface area contributed by atoms with Gasteiger partial charge in [-0.2, -0.15) is 0 Å². The smallest absolute Gasteiger partial charge is 0.137 e. The van der Waals surface area contributed by atoms with Gasteiger partial charge in [0.05, 0.1) is 5.52 Å². The lowest BCUT2D eigenvalue weighted by atomic mass is 10.1. The molecular weight excluding hydrogens is 333 g/mol. The van der Waals surface area contributed by atoms with Crippen LogP contribution in [0, 0.1) is 5.82 Å². The number of anilines is 1. The first kappa shape index (κ1) is 13.9. The summed E-state index contributed by atoms with van der Waals surface area (Å²) < 4.78 is 14.4. The Balaban J connectivity index is 1.73. The van der Waals surface area contributed by atoms with Crippen LogP contribution in [-0.2, 0) is 6.42 Å². The van der Waals surface area contributed by atoms with Gasteiger partial charge in [0.25, 0.3) is 0 Å². The van der Waals surface area contributed by atoms with Crippen molar-refractivity contribution < 1.29 is 4.39 Å². The zero-order valence-electron chi connectivity index (χ0n) is 11.2. The van der Waals surface area contributed by atoms with Crippen LogP contribution in [0.2, 0.25) is 0 Å². The first-order valence-electron chi connectivity index (χ1n) is 6.61. The summed E-state index contributed by atoms with van der Waals surface area (Å²) in [6.07, 6.45) is 2.36. The first-order valence-corrected chi connectivity index (χ1v) is 7.40. The van der Waals surface area contributed by atoms with Crippen molar-refractivity contribution in [1.82, 2.24) is 9.97 Å². The Morgan fingerprint density at radius 1 is 1.05 bits per heavy atom. The summed E-state index contributed by atoms with van der Waals surface area (Å²) in [5, 5.41) is 3.95. The van der Waals surface area contributed by atoms with Gasteiger partial charge in [-0.1, -0.05) is 28.1 Å². The highest BCUT2D eigenvalue weighted by molar-refractivity contribution is 9.10. The first-order chi connectivity index (χ1) is 10.2. The van der Waals surface area contributed by atoms with Crippen LogP contribution >= 0.6 is 15.9 Å². The summed E-state index contributed by atoms with van der Waals surface area (Å²) in [6.45, 7) is 0.726. The zero-order valence-corrected chi connectivity index (χ0v) is 12.8. The summed E-state index contributed by atoms with van der Waals surface area (Å²) in [5.74, 6) is 0.380. The molecule has 3 nitrogen and oxygen atoms in total. The van der Waals surface area contributed by atoms with Crippen molar-refractivity contribution in [2.24, 2.45) is 0 Å². The lowest BCUT2D eigenvalue weighted by Crippen LogP contribution is -2.07. The van der Waals surface area contributed by atoms with E-state index in [-0.39, 0.29) is 5.82 Å². The van der Waals surface area contributed by atoms with E-state index in [0.29, 0.717) is 11.2 Å². The Hall–Kier alpha value is -2.01. The van der Waals surface area contributed by atoms with Crippen molar-refractivity contribution in [2.45, 2.75) is 6.42 Å². The van der Waals surface area contributed by atoms with Gasteiger partial charge >= 0.3 is 0 Å². The Kier molecular flexibility index (Phi) is 4.10. The molecule has 0 saturated carbocycles. The average Bonchev–Trinajstić information content (AvgIpc) is 2.50. The van der Waals surface area contributed by atoms with Gasteiger partial charge in [-0.15, -0.1) is 0 Å². The lowest BCUT2D eigenvalue weighted by molar-refractivity contribution is 0.629. The highest BCUT2D eigenvalue weighted by Crippen LogP contribution is 2.20. The second kappa shape index (κ2) is 6.18. The fourth-order valence-corrected chi connectivity index (χ4v) is 2.41. The zero-order chi connectivity index (χ0) is 14.7. The molecule has 0 unspecified atom stereocenters. The fourth-order valence-electron chi connectivity index (χ4n) is 2.15. The van der Waals surface area contributed by atoms with Crippen LogP contribution in [0.1, 0.15) is 5.56 Å². The molecule has 1 aromatic heterocycles. The molecule has 0 aliphatic rings. The topological polar surface area (TPSA) is 37.8 Å². The molecular formula is C16H13BrFN3. The summed E-state index contributed by atoms with van der Waals surface area (Å²) >= 11 is 3.42. The van der Waals surface area contributed by atoms with E-state index in [1.165, 1.54) is 24.0 Å². The van der Waals surface area contributed by atoms with Crippen molar-refractivity contribution in [2.75, 3.05) is 11.9 Å². The van der Waals surface area contributed by atoms with E-state index in [1.807, 2.05) is 12.1 Å². The van der Waals surface area contributed by atoms with E-state index in [2.05, 4.69) is 43.3 Å². The van der Waals surface area contributed by atoms with Crippen molar-refractivity contribution >= 4 is 32.7 Å². The van der Waals surface area contributed by atoms with Gasteiger partial charge in [0.1, 0.15) is 18.0 Å². The maximum atomic E-state index is 13.4. The van der Waals surface area contributed by atoms with Crippen molar-refractivity contribution in [3.05, 3.63) is 64.6 Å². The largest absolute Gasteiger partial charge is 0.369 e. The molecule has 0 aliphatic carbocycles. The normalized spacial score (nSPS) is 10.8. The van der Waals surface area contributed by atoms with E-state index in [9.17, 15) is 4.39 Å². The van der Waals surface area contributed by atoms with E-state index in [1.54, 1.807) is 6.07 Å². The predicted molar refractivity (Wildman–Crippen MR) is 85.8 cm³/mol. The minimum atomic E-state index is -0.284. The molecule has 21 heavy (non-hydrogen) atoms. The molecule has 0 bridgehead atoms. The molecule has 0 saturated heterocycles. The number of fused-ring (bicyclic) bond motifs is 1. The molecule has 0 aliphatic heterocycles. The molecule has 0 fully saturated rings. The third-order valence-electron chi connectivity index (χ3n) is 3.22. The Morgan fingerprint density at radius 2 is 1.86 bits per heavy atom. The standard InChI is InChI=1S/C16H13BrFN3/c17-12-3-1-11(2-4-12)7-8-19-16-14-9-13(18)5-6-15(14)20-10-21-16/h1-6,9-10H,7-8H2,(H,19,20,21). The van der Waals surface area contributed by atoms with Crippen molar-refractivity contribution in [1.29, 1.82) is 0 Å². The Bertz CT molecular complexity index is 759. The maximum absolute atomic E-state index is 13.4. The number of hydrogen-bond acceptors (Lipinski definition) is 3. The molecule has 1 heterocycles. The van der Waals surface area contributed by atoms with Crippen LogP contribution in [0.3, 0.4) is 0 Å². The Labute approximate surface area is 130 Å². The van der Waals surface area contributed by atoms with Gasteiger partial charge in [-0.25, -0.2) is 14.4 Å². The third kappa shape index (κ3) is 3.36. The number of halogens is 2. The summed E-state index contributed by atoms with van der Waals surface area (Å²) in [6, 6.07) is 12.7. The fraction of sp³-hybridized carbons (Fsp3) is 0.125. The summed E-state index contributed by atoms with van der Waals surface area (Å²) in [7, 11) is 0. The second-order valence-electron chi connectivity index (χ2n) is 4.69. The van der Waals surface area contributed by atoms with Crippen LogP contribution in [0.5, 0.6) is 0 Å². The quantitative estimate of drug-likeness (QED) is 0.770. The Morgan fingerprint density at radius 3 is 2.67 bits per heavy atom. The SMILES string of the molecule is Fc1ccc2ncnc(NCCc3ccc(Br)cc3)c2c1. The summed E-state index contributed by atoms with van der Waals surface area (Å²) in [4.78, 5) is 8.33. The minimum absolute atomic E-state index is 0.284. The van der Waals surface area contributed by atoms with Crippen LogP contribution in [0.25, 0.3) is 10.9 Å². The third-order valence-corrected chi connectivity index (χ3v) is 3.75. The van der Waals surface area contributed by atoms with E-state index >= 15 is 0 Å². The van der Waals surface area contributed by atoms with Gasteiger partial charge in [0, 0.05) is 16.4 Å². The minimum Gasteiger partial charge on any atom is -0.369 e. The number of hydrogen-bond donors (Lipinski definition) is 1. The number of benzene rings is 2. The molecule has 0 amide bonds. The molecule has 2 aromatic carbocycles. The van der Waals surface area contributed by atoms with E-state index < -0.39 is 0 Å². The lowest BCUT2D eigenvalue weighted by Gasteiger charge is -2.08. The van der Waals surface area contributed by atoms with Crippen molar-refractivity contribution in [3.63, 3.8) is 0 Å². The van der Waals surface area contributed by atoms with E-state index in [4.69, 9.17) is 0 Å². The molecule has 3 aromatic rings. The average molecular weight is 346 g/mol. The molecule has 5 heteroatoms. The number of aromatic nitrogens is 2. The molecule has 0 spiro atoms. The van der Waals surface area contributed by atoms with Crippen LogP contribution in [-0.4, -0.2) is 16.5 Å². The highest BCUT2D eigenvalue weighted by Gasteiger charge is 2.04. The monoisotopic (exact) mass is 345 g/mol. The van der Waals surface area contributed by atoms with Crippen molar-refractivity contribution in [3.8, 4) is 0 Å². The van der Waals surface area contributed by atoms with Gasteiger partial charge in [0.15, 0.2) is 0 Å². The number of nitrogens with one attached hydrogen (secondary N) is 1. The molecule has 106 valence electrons. The van der Waals surface area contributed by atoms with Gasteiger partial charge in [-0.05, 0) is 42.3 Å². The van der Waals surface area contributed by atoms with Crippen LogP contribution < -0.4 is 5.32 Å². The highest BCUT2D eigenvalue weighted by atomic mass is 79.9. The molecule has 3 rings (SSSR count). The second-order valence-corrected chi connectivity index (χ2v) is 5.60. The van der Waals surface area contributed by atoms with Gasteiger partial charge in [-0.3, -0.25) is 0 Å². The van der Waals surface area contributed by atoms with Gasteiger partial charge < -0.3 is 5.32 Å². The number of nitrogens with zero attached hydrogens (tertiary/aromatic N) is 2. The molecule has 0 radical (unpaired) electrons. The van der Waals surface area contributed by atoms with Gasteiger partial charge in [0.2, 0.25) is 0 Å². The molecule has 1 N–H and O–H groups in total. The van der Waals surface area contributed by atoms with E-state index in [0.717, 1.165) is 23.0 Å². The van der Waals surface area contributed by atoms with Crippen LogP contribution in [0.15, 0.2) is 53.3 Å².